The Morgan fingerprint density at radius 2 is 2.27 bits per heavy atom. The van der Waals surface area contributed by atoms with Crippen LogP contribution in [-0.2, 0) is 9.53 Å². The third-order valence-corrected chi connectivity index (χ3v) is 3.37. The Balaban J connectivity index is 1.86. The standard InChI is InChI=1S/C11H20N2O2/c1-2-9-3-4-10(15-9)11(14)13-6-5-8(12)7-13/h8-10H,2-7,12H2,1H3/t8-,9?,10?/m1/s1. The first-order valence-electron chi connectivity index (χ1n) is 5.90. The first-order chi connectivity index (χ1) is 7.20. The number of hydrogen-bond acceptors (Lipinski definition) is 3. The van der Waals surface area contributed by atoms with E-state index in [4.69, 9.17) is 10.5 Å². The summed E-state index contributed by atoms with van der Waals surface area (Å²) >= 11 is 0. The molecule has 2 aliphatic heterocycles. The molecule has 2 heterocycles. The quantitative estimate of drug-likeness (QED) is 0.725. The van der Waals surface area contributed by atoms with Crippen LogP contribution < -0.4 is 5.73 Å². The number of ether oxygens (including phenoxy) is 1. The highest BCUT2D eigenvalue weighted by Gasteiger charge is 2.34. The summed E-state index contributed by atoms with van der Waals surface area (Å²) in [6, 6.07) is 0.164. The van der Waals surface area contributed by atoms with Crippen LogP contribution in [0.1, 0.15) is 32.6 Å². The van der Waals surface area contributed by atoms with Crippen molar-refractivity contribution in [2.45, 2.75) is 50.9 Å². The van der Waals surface area contributed by atoms with Crippen LogP contribution in [0.5, 0.6) is 0 Å². The zero-order valence-electron chi connectivity index (χ0n) is 9.32. The second-order valence-corrected chi connectivity index (χ2v) is 4.57. The Kier molecular flexibility index (Phi) is 3.26. The van der Waals surface area contributed by atoms with E-state index in [0.717, 1.165) is 32.2 Å². The van der Waals surface area contributed by atoms with Crippen molar-refractivity contribution >= 4 is 5.91 Å². The highest BCUT2D eigenvalue weighted by atomic mass is 16.5. The Bertz CT molecular complexity index is 245. The summed E-state index contributed by atoms with van der Waals surface area (Å²) in [5.41, 5.74) is 5.78. The Labute approximate surface area is 90.8 Å². The van der Waals surface area contributed by atoms with Crippen molar-refractivity contribution in [3.63, 3.8) is 0 Å². The molecule has 4 nitrogen and oxygen atoms in total. The van der Waals surface area contributed by atoms with Gasteiger partial charge in [0.1, 0.15) is 6.10 Å². The lowest BCUT2D eigenvalue weighted by Gasteiger charge is -2.20. The minimum absolute atomic E-state index is 0.152. The number of hydrogen-bond donors (Lipinski definition) is 1. The Morgan fingerprint density at radius 1 is 1.47 bits per heavy atom. The van der Waals surface area contributed by atoms with Gasteiger partial charge in [-0.15, -0.1) is 0 Å². The van der Waals surface area contributed by atoms with Crippen LogP contribution in [0.25, 0.3) is 0 Å². The van der Waals surface area contributed by atoms with E-state index >= 15 is 0 Å². The summed E-state index contributed by atoms with van der Waals surface area (Å²) < 4.78 is 5.69. The number of carbonyl (C=O) groups excluding carboxylic acids is 1. The predicted octanol–water partition coefficient (Wildman–Crippen LogP) is 0.504. The van der Waals surface area contributed by atoms with Crippen LogP contribution in [0.4, 0.5) is 0 Å². The molecule has 2 N–H and O–H groups in total. The third-order valence-electron chi connectivity index (χ3n) is 3.37. The molecular formula is C11H20N2O2. The van der Waals surface area contributed by atoms with E-state index in [9.17, 15) is 4.79 Å². The van der Waals surface area contributed by atoms with Crippen LogP contribution in [-0.4, -0.2) is 42.1 Å². The summed E-state index contributed by atoms with van der Waals surface area (Å²) in [7, 11) is 0. The molecule has 86 valence electrons. The van der Waals surface area contributed by atoms with Crippen molar-refractivity contribution in [2.75, 3.05) is 13.1 Å². The minimum atomic E-state index is -0.194. The Morgan fingerprint density at radius 3 is 2.80 bits per heavy atom. The van der Waals surface area contributed by atoms with E-state index in [0.29, 0.717) is 6.54 Å². The van der Waals surface area contributed by atoms with Gasteiger partial charge >= 0.3 is 0 Å². The monoisotopic (exact) mass is 212 g/mol. The summed E-state index contributed by atoms with van der Waals surface area (Å²) in [6.07, 6.45) is 3.92. The number of likely N-dealkylation sites (tertiary alicyclic amines) is 1. The molecule has 15 heavy (non-hydrogen) atoms. The molecule has 2 saturated heterocycles. The maximum Gasteiger partial charge on any atom is 0.251 e. The molecule has 2 rings (SSSR count). The van der Waals surface area contributed by atoms with E-state index in [-0.39, 0.29) is 24.2 Å². The molecular weight excluding hydrogens is 192 g/mol. The van der Waals surface area contributed by atoms with Crippen LogP contribution in [0.15, 0.2) is 0 Å². The molecule has 0 radical (unpaired) electrons. The van der Waals surface area contributed by atoms with Gasteiger partial charge in [0.2, 0.25) is 0 Å². The van der Waals surface area contributed by atoms with Gasteiger partial charge in [-0.2, -0.15) is 0 Å². The molecule has 0 aromatic carbocycles. The van der Waals surface area contributed by atoms with E-state index < -0.39 is 0 Å². The van der Waals surface area contributed by atoms with E-state index in [1.165, 1.54) is 0 Å². The molecule has 2 unspecified atom stereocenters. The van der Waals surface area contributed by atoms with Gasteiger partial charge in [-0.1, -0.05) is 6.92 Å². The summed E-state index contributed by atoms with van der Waals surface area (Å²) in [6.45, 7) is 3.61. The first-order valence-corrected chi connectivity index (χ1v) is 5.90. The number of carbonyl (C=O) groups is 1. The summed E-state index contributed by atoms with van der Waals surface area (Å²) in [4.78, 5) is 13.9. The molecule has 0 spiro atoms. The van der Waals surface area contributed by atoms with Crippen molar-refractivity contribution in [3.8, 4) is 0 Å². The molecule has 1 amide bonds. The fourth-order valence-corrected chi connectivity index (χ4v) is 2.38. The number of amides is 1. The van der Waals surface area contributed by atoms with Gasteiger partial charge < -0.3 is 15.4 Å². The lowest BCUT2D eigenvalue weighted by atomic mass is 10.1. The third kappa shape index (κ3) is 2.32. The van der Waals surface area contributed by atoms with Crippen molar-refractivity contribution in [1.29, 1.82) is 0 Å². The van der Waals surface area contributed by atoms with Gasteiger partial charge in [-0.25, -0.2) is 0 Å². The molecule has 3 atom stereocenters. The second-order valence-electron chi connectivity index (χ2n) is 4.57. The van der Waals surface area contributed by atoms with Gasteiger partial charge in [0.15, 0.2) is 0 Å². The van der Waals surface area contributed by atoms with Crippen LogP contribution in [0, 0.1) is 0 Å². The maximum atomic E-state index is 12.0. The predicted molar refractivity (Wildman–Crippen MR) is 57.4 cm³/mol. The number of nitrogens with zero attached hydrogens (tertiary/aromatic N) is 1. The molecule has 0 saturated carbocycles. The summed E-state index contributed by atoms with van der Waals surface area (Å²) in [5, 5.41) is 0. The summed E-state index contributed by atoms with van der Waals surface area (Å²) in [5.74, 6) is 0.152. The fourth-order valence-electron chi connectivity index (χ4n) is 2.38. The van der Waals surface area contributed by atoms with E-state index in [1.54, 1.807) is 0 Å². The molecule has 0 aromatic heterocycles. The normalized spacial score (nSPS) is 36.1. The number of rotatable bonds is 2. The molecule has 0 bridgehead atoms. The molecule has 0 aromatic rings. The Hall–Kier alpha value is -0.610. The first kappa shape index (κ1) is 10.9. The van der Waals surface area contributed by atoms with Gasteiger partial charge in [0, 0.05) is 19.1 Å². The molecule has 0 aliphatic carbocycles. The maximum absolute atomic E-state index is 12.0. The highest BCUT2D eigenvalue weighted by Crippen LogP contribution is 2.24. The fraction of sp³-hybridized carbons (Fsp3) is 0.909. The lowest BCUT2D eigenvalue weighted by molar-refractivity contribution is -0.141. The van der Waals surface area contributed by atoms with Crippen molar-refractivity contribution < 1.29 is 9.53 Å². The average molecular weight is 212 g/mol. The minimum Gasteiger partial charge on any atom is -0.365 e. The van der Waals surface area contributed by atoms with Gasteiger partial charge in [0.25, 0.3) is 5.91 Å². The van der Waals surface area contributed by atoms with Crippen LogP contribution in [0.3, 0.4) is 0 Å². The van der Waals surface area contributed by atoms with Crippen molar-refractivity contribution in [3.05, 3.63) is 0 Å². The second kappa shape index (κ2) is 4.49. The average Bonchev–Trinajstić information content (AvgIpc) is 2.84. The van der Waals surface area contributed by atoms with E-state index in [1.807, 2.05) is 4.90 Å². The smallest absolute Gasteiger partial charge is 0.251 e. The van der Waals surface area contributed by atoms with Gasteiger partial charge in [0.05, 0.1) is 6.10 Å². The van der Waals surface area contributed by atoms with Gasteiger partial charge in [-0.05, 0) is 25.7 Å². The largest absolute Gasteiger partial charge is 0.365 e. The zero-order valence-corrected chi connectivity index (χ0v) is 9.32. The van der Waals surface area contributed by atoms with Gasteiger partial charge in [-0.3, -0.25) is 4.79 Å². The van der Waals surface area contributed by atoms with Crippen molar-refractivity contribution in [2.24, 2.45) is 5.73 Å². The van der Waals surface area contributed by atoms with Crippen LogP contribution in [0.2, 0.25) is 0 Å². The SMILES string of the molecule is CCC1CCC(C(=O)N2CC[C@@H](N)C2)O1. The highest BCUT2D eigenvalue weighted by molar-refractivity contribution is 5.81. The molecule has 4 heteroatoms. The lowest BCUT2D eigenvalue weighted by Crippen LogP contribution is -2.39. The zero-order chi connectivity index (χ0) is 10.8. The molecule has 2 fully saturated rings. The van der Waals surface area contributed by atoms with Crippen molar-refractivity contribution in [1.82, 2.24) is 4.90 Å². The van der Waals surface area contributed by atoms with E-state index in [2.05, 4.69) is 6.92 Å². The molecule has 2 aliphatic rings. The topological polar surface area (TPSA) is 55.6 Å². The number of nitrogens with two attached hydrogens (primary N) is 1. The van der Waals surface area contributed by atoms with Crippen LogP contribution >= 0.6 is 0 Å².